The molecule has 7 heteroatoms. The number of carbonyl (C=O) groups is 1. The minimum Gasteiger partial charge on any atom is -0.481 e. The second kappa shape index (κ2) is 6.31. The number of hydrogen-bond donors (Lipinski definition) is 2. The van der Waals surface area contributed by atoms with Crippen molar-refractivity contribution in [1.82, 2.24) is 0 Å². The molecule has 2 N–H and O–H groups in total. The minimum atomic E-state index is -0.971. The van der Waals surface area contributed by atoms with E-state index in [4.69, 9.17) is 0 Å². The molecule has 0 aliphatic carbocycles. The van der Waals surface area contributed by atoms with Crippen LogP contribution in [0.5, 0.6) is 0 Å². The molecule has 0 bridgehead atoms. The number of aliphatic carboxylic acids is 1. The number of non-ortho nitro benzene ring substituents is 1. The number of benzene rings is 1. The third-order valence-electron chi connectivity index (χ3n) is 3.53. The molecule has 0 aliphatic heterocycles. The Labute approximate surface area is 115 Å². The molecule has 0 spiro atoms. The predicted molar refractivity (Wildman–Crippen MR) is 72.2 cm³/mol. The van der Waals surface area contributed by atoms with E-state index in [1.54, 1.807) is 13.8 Å². The quantitative estimate of drug-likeness (QED) is 0.593. The van der Waals surface area contributed by atoms with Crippen LogP contribution in [0.3, 0.4) is 0 Å². The maximum absolute atomic E-state index is 13.3. The second-order valence-electron chi connectivity index (χ2n) is 4.60. The molecular formula is C13H17FN2O4. The molecule has 0 fully saturated rings. The van der Waals surface area contributed by atoms with Crippen LogP contribution < -0.4 is 5.32 Å². The number of nitrogens with one attached hydrogen (secondary N) is 1. The maximum Gasteiger partial charge on any atom is 0.311 e. The molecule has 20 heavy (non-hydrogen) atoms. The smallest absolute Gasteiger partial charge is 0.311 e. The van der Waals surface area contributed by atoms with Gasteiger partial charge in [-0.25, -0.2) is 4.39 Å². The number of halogens is 1. The highest BCUT2D eigenvalue weighted by Crippen LogP contribution is 2.28. The Balaban J connectivity index is 2.94. The number of anilines is 1. The van der Waals surface area contributed by atoms with Crippen LogP contribution in [0.25, 0.3) is 0 Å². The van der Waals surface area contributed by atoms with Crippen LogP contribution in [-0.4, -0.2) is 22.5 Å². The van der Waals surface area contributed by atoms with E-state index in [0.717, 1.165) is 12.1 Å². The summed E-state index contributed by atoms with van der Waals surface area (Å²) in [5.74, 6) is -1.68. The highest BCUT2D eigenvalue weighted by Gasteiger charge is 2.34. The molecule has 110 valence electrons. The Kier molecular flexibility index (Phi) is 5.01. The Bertz CT molecular complexity index is 515. The van der Waals surface area contributed by atoms with Gasteiger partial charge in [-0.2, -0.15) is 0 Å². The number of rotatable bonds is 7. The zero-order chi connectivity index (χ0) is 15.3. The highest BCUT2D eigenvalue weighted by atomic mass is 19.1. The monoisotopic (exact) mass is 284 g/mol. The summed E-state index contributed by atoms with van der Waals surface area (Å²) in [7, 11) is 0. The average Bonchev–Trinajstić information content (AvgIpc) is 2.39. The van der Waals surface area contributed by atoms with Crippen molar-refractivity contribution in [2.24, 2.45) is 5.41 Å². The number of hydrogen-bond acceptors (Lipinski definition) is 4. The number of nitro groups is 1. The lowest BCUT2D eigenvalue weighted by atomic mass is 9.82. The number of nitro benzene ring substituents is 1. The summed E-state index contributed by atoms with van der Waals surface area (Å²) < 4.78 is 13.3. The summed E-state index contributed by atoms with van der Waals surface area (Å²) in [6, 6.07) is 3.10. The SMILES string of the molecule is CCC(CC)(CNc1cc(F)cc([N+](=O)[O-])c1)C(=O)O. The molecular weight excluding hydrogens is 267 g/mol. The third kappa shape index (κ3) is 3.43. The first-order valence-electron chi connectivity index (χ1n) is 6.27. The van der Waals surface area contributed by atoms with Crippen LogP contribution in [0.4, 0.5) is 15.8 Å². The summed E-state index contributed by atoms with van der Waals surface area (Å²) in [4.78, 5) is 21.3. The van der Waals surface area contributed by atoms with Gasteiger partial charge in [-0.05, 0) is 18.9 Å². The maximum atomic E-state index is 13.3. The van der Waals surface area contributed by atoms with E-state index in [1.807, 2.05) is 0 Å². The second-order valence-corrected chi connectivity index (χ2v) is 4.60. The van der Waals surface area contributed by atoms with Crippen molar-refractivity contribution < 1.29 is 19.2 Å². The van der Waals surface area contributed by atoms with Crippen LogP contribution in [0.15, 0.2) is 18.2 Å². The van der Waals surface area contributed by atoms with Gasteiger partial charge in [-0.15, -0.1) is 0 Å². The van der Waals surface area contributed by atoms with Gasteiger partial charge in [-0.1, -0.05) is 13.8 Å². The first kappa shape index (κ1) is 15.9. The fourth-order valence-corrected chi connectivity index (χ4v) is 1.93. The molecule has 0 amide bonds. The van der Waals surface area contributed by atoms with Gasteiger partial charge in [0, 0.05) is 18.3 Å². The van der Waals surface area contributed by atoms with Crippen LogP contribution in [0.2, 0.25) is 0 Å². The van der Waals surface area contributed by atoms with Crippen LogP contribution >= 0.6 is 0 Å². The molecule has 0 atom stereocenters. The van der Waals surface area contributed by atoms with Gasteiger partial charge in [0.2, 0.25) is 0 Å². The summed E-state index contributed by atoms with van der Waals surface area (Å²) >= 11 is 0. The molecule has 0 saturated carbocycles. The van der Waals surface area contributed by atoms with Gasteiger partial charge >= 0.3 is 5.97 Å². The minimum absolute atomic E-state index is 0.0793. The Morgan fingerprint density at radius 2 is 2.00 bits per heavy atom. The molecule has 1 rings (SSSR count). The molecule has 0 radical (unpaired) electrons. The molecule has 0 aliphatic rings. The van der Waals surface area contributed by atoms with Crippen molar-refractivity contribution in [3.05, 3.63) is 34.1 Å². The fourth-order valence-electron chi connectivity index (χ4n) is 1.93. The first-order chi connectivity index (χ1) is 9.34. The van der Waals surface area contributed by atoms with Gasteiger partial charge in [-0.3, -0.25) is 14.9 Å². The van der Waals surface area contributed by atoms with Crippen LogP contribution in [-0.2, 0) is 4.79 Å². The van der Waals surface area contributed by atoms with E-state index in [1.165, 1.54) is 6.07 Å². The third-order valence-corrected chi connectivity index (χ3v) is 3.53. The lowest BCUT2D eigenvalue weighted by molar-refractivity contribution is -0.385. The van der Waals surface area contributed by atoms with Crippen molar-refractivity contribution in [3.8, 4) is 0 Å². The van der Waals surface area contributed by atoms with E-state index < -0.39 is 22.1 Å². The zero-order valence-electron chi connectivity index (χ0n) is 11.4. The predicted octanol–water partition coefficient (Wildman–Crippen LogP) is 3.04. The lowest BCUT2D eigenvalue weighted by Gasteiger charge is -2.27. The van der Waals surface area contributed by atoms with Gasteiger partial charge in [0.25, 0.3) is 5.69 Å². The Morgan fingerprint density at radius 3 is 2.45 bits per heavy atom. The van der Waals surface area contributed by atoms with Crippen molar-refractivity contribution in [3.63, 3.8) is 0 Å². The standard InChI is InChI=1S/C13H17FN2O4/c1-3-13(4-2,12(17)18)8-15-10-5-9(14)6-11(7-10)16(19)20/h5-7,15H,3-4,8H2,1-2H3,(H,17,18). The normalized spacial score (nSPS) is 11.2. The first-order valence-corrected chi connectivity index (χ1v) is 6.27. The summed E-state index contributed by atoms with van der Waals surface area (Å²) in [5, 5.41) is 22.7. The zero-order valence-corrected chi connectivity index (χ0v) is 11.4. The molecule has 6 nitrogen and oxygen atoms in total. The largest absolute Gasteiger partial charge is 0.481 e. The van der Waals surface area contributed by atoms with Crippen molar-refractivity contribution in [2.45, 2.75) is 26.7 Å². The molecule has 0 aromatic heterocycles. The fraction of sp³-hybridized carbons (Fsp3) is 0.462. The summed E-state index contributed by atoms with van der Waals surface area (Å²) in [6.07, 6.45) is 0.812. The van der Waals surface area contributed by atoms with E-state index >= 15 is 0 Å². The van der Waals surface area contributed by atoms with Gasteiger partial charge in [0.1, 0.15) is 5.82 Å². The Morgan fingerprint density at radius 1 is 1.40 bits per heavy atom. The van der Waals surface area contributed by atoms with Gasteiger partial charge in [0.05, 0.1) is 16.4 Å². The number of nitrogens with zero attached hydrogens (tertiary/aromatic N) is 1. The molecule has 0 saturated heterocycles. The Hall–Kier alpha value is -2.18. The van der Waals surface area contributed by atoms with Crippen molar-refractivity contribution >= 4 is 17.3 Å². The van der Waals surface area contributed by atoms with E-state index in [-0.39, 0.29) is 17.9 Å². The van der Waals surface area contributed by atoms with Crippen molar-refractivity contribution in [1.29, 1.82) is 0 Å². The van der Waals surface area contributed by atoms with E-state index in [9.17, 15) is 24.4 Å². The topological polar surface area (TPSA) is 92.5 Å². The molecule has 0 heterocycles. The highest BCUT2D eigenvalue weighted by molar-refractivity contribution is 5.75. The molecule has 1 aromatic rings. The van der Waals surface area contributed by atoms with Crippen LogP contribution in [0, 0.1) is 21.3 Å². The lowest BCUT2D eigenvalue weighted by Crippen LogP contribution is -2.36. The van der Waals surface area contributed by atoms with Crippen molar-refractivity contribution in [2.75, 3.05) is 11.9 Å². The van der Waals surface area contributed by atoms with Crippen LogP contribution in [0.1, 0.15) is 26.7 Å². The van der Waals surface area contributed by atoms with Gasteiger partial charge < -0.3 is 10.4 Å². The number of carboxylic acid groups (broad SMARTS) is 1. The van der Waals surface area contributed by atoms with Gasteiger partial charge in [0.15, 0.2) is 0 Å². The summed E-state index contributed by atoms with van der Waals surface area (Å²) in [5.41, 5.74) is -1.15. The summed E-state index contributed by atoms with van der Waals surface area (Å²) in [6.45, 7) is 3.59. The van der Waals surface area contributed by atoms with E-state index in [0.29, 0.717) is 12.8 Å². The number of carboxylic acids is 1. The average molecular weight is 284 g/mol. The van der Waals surface area contributed by atoms with E-state index in [2.05, 4.69) is 5.32 Å². The molecule has 1 aromatic carbocycles. The molecule has 0 unspecified atom stereocenters.